The van der Waals surface area contributed by atoms with Crippen LogP contribution in [-0.2, 0) is 11.2 Å². The first-order valence-electron chi connectivity index (χ1n) is 7.75. The number of hydrogen-bond donors (Lipinski definition) is 1. The first-order chi connectivity index (χ1) is 12.5. The number of ether oxygens (including phenoxy) is 3. The van der Waals surface area contributed by atoms with E-state index in [-0.39, 0.29) is 12.3 Å². The van der Waals surface area contributed by atoms with Crippen molar-refractivity contribution >= 4 is 5.91 Å². The number of methoxy groups -OCH3 is 3. The Bertz CT molecular complexity index is 790. The molecule has 0 radical (unpaired) electrons. The highest BCUT2D eigenvalue weighted by atomic mass is 19.1. The Morgan fingerprint density at radius 1 is 1.12 bits per heavy atom. The van der Waals surface area contributed by atoms with Crippen LogP contribution in [0.5, 0.6) is 17.2 Å². The van der Waals surface area contributed by atoms with E-state index in [1.807, 2.05) is 6.07 Å². The number of halogens is 1. The van der Waals surface area contributed by atoms with Crippen molar-refractivity contribution in [3.63, 3.8) is 0 Å². The molecule has 7 heteroatoms. The highest BCUT2D eigenvalue weighted by Gasteiger charge is 2.17. The molecule has 2 aromatic carbocycles. The molecule has 1 amide bonds. The fourth-order valence-electron chi connectivity index (χ4n) is 2.48. The van der Waals surface area contributed by atoms with Crippen LogP contribution in [0.15, 0.2) is 36.4 Å². The SMILES string of the molecule is COc1cc(CC(=O)N[C@H](C#N)c2ccc(F)cc2)cc(OC)c1OC. The van der Waals surface area contributed by atoms with Gasteiger partial charge in [-0.2, -0.15) is 5.26 Å². The first-order valence-corrected chi connectivity index (χ1v) is 7.75. The average Bonchev–Trinajstić information content (AvgIpc) is 2.65. The molecule has 0 heterocycles. The molecule has 0 unspecified atom stereocenters. The summed E-state index contributed by atoms with van der Waals surface area (Å²) in [5, 5.41) is 11.9. The normalized spacial score (nSPS) is 11.2. The lowest BCUT2D eigenvalue weighted by Crippen LogP contribution is -2.29. The van der Waals surface area contributed by atoms with Crippen molar-refractivity contribution in [2.45, 2.75) is 12.5 Å². The number of hydrogen-bond acceptors (Lipinski definition) is 5. The molecule has 0 aliphatic heterocycles. The van der Waals surface area contributed by atoms with Gasteiger partial charge in [0, 0.05) is 0 Å². The van der Waals surface area contributed by atoms with E-state index in [4.69, 9.17) is 14.2 Å². The van der Waals surface area contributed by atoms with Crippen LogP contribution in [0.25, 0.3) is 0 Å². The van der Waals surface area contributed by atoms with Crippen LogP contribution in [0.3, 0.4) is 0 Å². The molecule has 136 valence electrons. The molecule has 0 saturated heterocycles. The Hall–Kier alpha value is -3.27. The minimum atomic E-state index is -0.870. The Morgan fingerprint density at radius 2 is 1.69 bits per heavy atom. The number of carbonyl (C=O) groups is 1. The smallest absolute Gasteiger partial charge is 0.225 e. The van der Waals surface area contributed by atoms with Gasteiger partial charge in [-0.05, 0) is 35.4 Å². The van der Waals surface area contributed by atoms with E-state index in [0.29, 0.717) is 28.4 Å². The maximum absolute atomic E-state index is 13.0. The molecule has 0 fully saturated rings. The predicted octanol–water partition coefficient (Wildman–Crippen LogP) is 2.78. The summed E-state index contributed by atoms with van der Waals surface area (Å²) < 4.78 is 28.8. The van der Waals surface area contributed by atoms with Crippen LogP contribution < -0.4 is 19.5 Å². The van der Waals surface area contributed by atoms with E-state index in [0.717, 1.165) is 0 Å². The van der Waals surface area contributed by atoms with E-state index in [1.54, 1.807) is 12.1 Å². The zero-order valence-corrected chi connectivity index (χ0v) is 14.7. The minimum Gasteiger partial charge on any atom is -0.493 e. The van der Waals surface area contributed by atoms with Gasteiger partial charge in [-0.15, -0.1) is 0 Å². The average molecular weight is 358 g/mol. The molecule has 26 heavy (non-hydrogen) atoms. The molecule has 0 spiro atoms. The zero-order valence-electron chi connectivity index (χ0n) is 14.7. The maximum atomic E-state index is 13.0. The van der Waals surface area contributed by atoms with Crippen LogP contribution in [-0.4, -0.2) is 27.2 Å². The summed E-state index contributed by atoms with van der Waals surface area (Å²) in [6.45, 7) is 0. The molecular weight excluding hydrogens is 339 g/mol. The molecule has 0 aliphatic carbocycles. The minimum absolute atomic E-state index is 0.0100. The number of rotatable bonds is 7. The van der Waals surface area contributed by atoms with Crippen molar-refractivity contribution in [2.24, 2.45) is 0 Å². The van der Waals surface area contributed by atoms with E-state index < -0.39 is 11.9 Å². The summed E-state index contributed by atoms with van der Waals surface area (Å²) in [5.41, 5.74) is 1.14. The van der Waals surface area contributed by atoms with Gasteiger partial charge in [-0.3, -0.25) is 4.79 Å². The second kappa shape index (κ2) is 8.72. The van der Waals surface area contributed by atoms with Crippen molar-refractivity contribution in [1.29, 1.82) is 5.26 Å². The molecule has 0 bridgehead atoms. The molecule has 0 aliphatic rings. The Labute approximate surface area is 151 Å². The number of nitrogens with zero attached hydrogens (tertiary/aromatic N) is 1. The standard InChI is InChI=1S/C19H19FN2O4/c1-24-16-8-12(9-17(25-2)19(16)26-3)10-18(23)22-15(11-21)13-4-6-14(20)7-5-13/h4-9,15H,10H2,1-3H3,(H,22,23)/t15-/m1/s1. The van der Waals surface area contributed by atoms with Gasteiger partial charge in [0.25, 0.3) is 0 Å². The lowest BCUT2D eigenvalue weighted by atomic mass is 10.1. The molecule has 2 aromatic rings. The quantitative estimate of drug-likeness (QED) is 0.823. The summed E-state index contributed by atoms with van der Waals surface area (Å²) in [6.07, 6.45) is 0.0100. The second-order valence-electron chi connectivity index (χ2n) is 5.39. The molecular formula is C19H19FN2O4. The number of nitriles is 1. The molecule has 0 saturated carbocycles. The maximum Gasteiger partial charge on any atom is 0.225 e. The van der Waals surface area contributed by atoms with Crippen LogP contribution >= 0.6 is 0 Å². The predicted molar refractivity (Wildman–Crippen MR) is 92.7 cm³/mol. The van der Waals surface area contributed by atoms with Crippen LogP contribution in [0.4, 0.5) is 4.39 Å². The number of nitrogens with one attached hydrogen (secondary N) is 1. The zero-order chi connectivity index (χ0) is 19.1. The van der Waals surface area contributed by atoms with Gasteiger partial charge in [0.15, 0.2) is 11.5 Å². The van der Waals surface area contributed by atoms with E-state index in [1.165, 1.54) is 45.6 Å². The Morgan fingerprint density at radius 3 is 2.15 bits per heavy atom. The number of benzene rings is 2. The molecule has 0 aromatic heterocycles. The second-order valence-corrected chi connectivity index (χ2v) is 5.39. The third-order valence-corrected chi connectivity index (χ3v) is 3.73. The third-order valence-electron chi connectivity index (χ3n) is 3.73. The molecule has 6 nitrogen and oxygen atoms in total. The van der Waals surface area contributed by atoms with Crippen LogP contribution in [0.2, 0.25) is 0 Å². The van der Waals surface area contributed by atoms with Crippen LogP contribution in [0.1, 0.15) is 17.2 Å². The first kappa shape index (κ1) is 19.1. The highest BCUT2D eigenvalue weighted by molar-refractivity contribution is 5.80. The van der Waals surface area contributed by atoms with E-state index in [9.17, 15) is 14.4 Å². The van der Waals surface area contributed by atoms with Crippen molar-refractivity contribution in [3.8, 4) is 23.3 Å². The number of carbonyl (C=O) groups excluding carboxylic acids is 1. The number of amides is 1. The Kier molecular flexibility index (Phi) is 6.39. The van der Waals surface area contributed by atoms with Crippen LogP contribution in [0, 0.1) is 17.1 Å². The van der Waals surface area contributed by atoms with Gasteiger partial charge in [0.05, 0.1) is 33.8 Å². The topological polar surface area (TPSA) is 80.6 Å². The van der Waals surface area contributed by atoms with Crippen molar-refractivity contribution < 1.29 is 23.4 Å². The summed E-state index contributed by atoms with van der Waals surface area (Å²) in [7, 11) is 4.47. The van der Waals surface area contributed by atoms with Gasteiger partial charge in [-0.1, -0.05) is 12.1 Å². The van der Waals surface area contributed by atoms with Crippen molar-refractivity contribution in [3.05, 3.63) is 53.3 Å². The fraction of sp³-hybridized carbons (Fsp3) is 0.263. The highest BCUT2D eigenvalue weighted by Crippen LogP contribution is 2.38. The summed E-state index contributed by atoms with van der Waals surface area (Å²) in [6, 6.07) is 9.86. The molecule has 2 rings (SSSR count). The van der Waals surface area contributed by atoms with Gasteiger partial charge in [-0.25, -0.2) is 4.39 Å². The molecule has 1 N–H and O–H groups in total. The van der Waals surface area contributed by atoms with Gasteiger partial charge in [0.1, 0.15) is 11.9 Å². The van der Waals surface area contributed by atoms with Gasteiger partial charge >= 0.3 is 0 Å². The summed E-state index contributed by atoms with van der Waals surface area (Å²) >= 11 is 0. The van der Waals surface area contributed by atoms with Crippen molar-refractivity contribution in [1.82, 2.24) is 5.32 Å². The lowest BCUT2D eigenvalue weighted by Gasteiger charge is -2.15. The van der Waals surface area contributed by atoms with Gasteiger partial charge < -0.3 is 19.5 Å². The Balaban J connectivity index is 2.16. The largest absolute Gasteiger partial charge is 0.493 e. The lowest BCUT2D eigenvalue weighted by molar-refractivity contribution is -0.120. The third kappa shape index (κ3) is 4.42. The summed E-state index contributed by atoms with van der Waals surface area (Å²) in [5.74, 6) is 0.528. The van der Waals surface area contributed by atoms with E-state index >= 15 is 0 Å². The monoisotopic (exact) mass is 358 g/mol. The van der Waals surface area contributed by atoms with Gasteiger partial charge in [0.2, 0.25) is 11.7 Å². The fourth-order valence-corrected chi connectivity index (χ4v) is 2.48. The molecule has 1 atom stereocenters. The van der Waals surface area contributed by atoms with Crippen molar-refractivity contribution in [2.75, 3.05) is 21.3 Å². The summed E-state index contributed by atoms with van der Waals surface area (Å²) in [4.78, 5) is 12.3. The van der Waals surface area contributed by atoms with E-state index in [2.05, 4.69) is 5.32 Å².